The van der Waals surface area contributed by atoms with Gasteiger partial charge in [0.2, 0.25) is 5.91 Å². The first kappa shape index (κ1) is 20.6. The standard InChI is InChI=1S/C24H28N2O3/c1-4-16(2)24(28)26-23-15-19(13-17-5-9-20(27)10-6-17)22(25-23)14-18-7-11-21(29-3)12-8-18/h5-12,16,27H,4,13-15H2,1-3H3,(H,25,26,28). The largest absolute Gasteiger partial charge is 0.508 e. The lowest BCUT2D eigenvalue weighted by atomic mass is 9.98. The number of phenolic OH excluding ortho intramolecular Hbond substituents is 1. The maximum absolute atomic E-state index is 12.3. The zero-order chi connectivity index (χ0) is 20.8. The first-order chi connectivity index (χ1) is 14.0. The molecule has 0 aromatic heterocycles. The minimum absolute atomic E-state index is 0.0148. The number of phenols is 1. The normalized spacial score (nSPS) is 14.5. The van der Waals surface area contributed by atoms with Gasteiger partial charge in [0.25, 0.3) is 0 Å². The second-order valence-electron chi connectivity index (χ2n) is 7.45. The van der Waals surface area contributed by atoms with Gasteiger partial charge in [-0.15, -0.1) is 0 Å². The van der Waals surface area contributed by atoms with Crippen LogP contribution in [0.1, 0.15) is 37.8 Å². The summed E-state index contributed by atoms with van der Waals surface area (Å²) in [5, 5.41) is 12.5. The predicted molar refractivity (Wildman–Crippen MR) is 115 cm³/mol. The van der Waals surface area contributed by atoms with Crippen LogP contribution in [0.4, 0.5) is 0 Å². The Morgan fingerprint density at radius 3 is 2.34 bits per heavy atom. The summed E-state index contributed by atoms with van der Waals surface area (Å²) in [6, 6.07) is 15.2. The number of benzene rings is 2. The molecule has 3 rings (SSSR count). The Morgan fingerprint density at radius 2 is 1.72 bits per heavy atom. The van der Waals surface area contributed by atoms with Crippen LogP contribution in [0.25, 0.3) is 0 Å². The van der Waals surface area contributed by atoms with Gasteiger partial charge in [-0.3, -0.25) is 4.79 Å². The van der Waals surface area contributed by atoms with Crippen molar-refractivity contribution in [1.82, 2.24) is 5.32 Å². The molecule has 1 aliphatic rings. The highest BCUT2D eigenvalue weighted by atomic mass is 16.5. The van der Waals surface area contributed by atoms with Crippen LogP contribution in [-0.2, 0) is 17.6 Å². The number of allylic oxidation sites excluding steroid dienone is 1. The lowest BCUT2D eigenvalue weighted by Gasteiger charge is -2.10. The van der Waals surface area contributed by atoms with Crippen molar-refractivity contribution in [2.45, 2.75) is 39.5 Å². The van der Waals surface area contributed by atoms with Crippen molar-refractivity contribution in [3.8, 4) is 11.5 Å². The van der Waals surface area contributed by atoms with Gasteiger partial charge in [0.15, 0.2) is 0 Å². The molecule has 0 saturated carbocycles. The van der Waals surface area contributed by atoms with E-state index in [-0.39, 0.29) is 17.6 Å². The lowest BCUT2D eigenvalue weighted by molar-refractivity contribution is -0.123. The number of methoxy groups -OCH3 is 1. The number of nitrogens with one attached hydrogen (secondary N) is 1. The number of aromatic hydroxyl groups is 1. The van der Waals surface area contributed by atoms with Crippen LogP contribution in [-0.4, -0.2) is 24.0 Å². The van der Waals surface area contributed by atoms with E-state index in [1.165, 1.54) is 5.57 Å². The van der Waals surface area contributed by atoms with Gasteiger partial charge in [-0.25, -0.2) is 4.99 Å². The van der Waals surface area contributed by atoms with Crippen molar-refractivity contribution in [3.63, 3.8) is 0 Å². The molecule has 0 fully saturated rings. The number of amides is 1. The van der Waals surface area contributed by atoms with Crippen LogP contribution in [0, 0.1) is 5.92 Å². The summed E-state index contributed by atoms with van der Waals surface area (Å²) in [4.78, 5) is 17.1. The Bertz CT molecular complexity index is 912. The summed E-state index contributed by atoms with van der Waals surface area (Å²) >= 11 is 0. The molecule has 29 heavy (non-hydrogen) atoms. The van der Waals surface area contributed by atoms with Gasteiger partial charge < -0.3 is 15.2 Å². The van der Waals surface area contributed by atoms with E-state index in [2.05, 4.69) is 5.32 Å². The van der Waals surface area contributed by atoms with Gasteiger partial charge in [-0.2, -0.15) is 0 Å². The molecular weight excluding hydrogens is 364 g/mol. The third-order valence-corrected chi connectivity index (χ3v) is 5.27. The Kier molecular flexibility index (Phi) is 6.70. The van der Waals surface area contributed by atoms with E-state index < -0.39 is 0 Å². The van der Waals surface area contributed by atoms with Gasteiger partial charge in [-0.05, 0) is 53.8 Å². The molecule has 5 heteroatoms. The maximum Gasteiger partial charge on any atom is 0.228 e. The summed E-state index contributed by atoms with van der Waals surface area (Å²) in [7, 11) is 1.65. The van der Waals surface area contributed by atoms with Gasteiger partial charge in [-0.1, -0.05) is 38.1 Å². The molecule has 2 aromatic rings. The average molecular weight is 392 g/mol. The fourth-order valence-corrected chi connectivity index (χ4v) is 3.23. The minimum Gasteiger partial charge on any atom is -0.508 e. The molecule has 1 amide bonds. The van der Waals surface area contributed by atoms with E-state index in [0.29, 0.717) is 18.7 Å². The van der Waals surface area contributed by atoms with Crippen LogP contribution in [0.15, 0.2) is 64.8 Å². The number of nitrogens with zero attached hydrogens (tertiary/aromatic N) is 1. The van der Waals surface area contributed by atoms with Gasteiger partial charge in [0.1, 0.15) is 17.3 Å². The monoisotopic (exact) mass is 392 g/mol. The van der Waals surface area contributed by atoms with Crippen molar-refractivity contribution in [2.24, 2.45) is 10.9 Å². The first-order valence-electron chi connectivity index (χ1n) is 9.98. The highest BCUT2D eigenvalue weighted by Gasteiger charge is 2.21. The summed E-state index contributed by atoms with van der Waals surface area (Å²) in [6.07, 6.45) is 2.86. The number of carbonyl (C=O) groups excluding carboxylic acids is 1. The molecule has 1 heterocycles. The van der Waals surface area contributed by atoms with Gasteiger partial charge in [0.05, 0.1) is 7.11 Å². The van der Waals surface area contributed by atoms with Crippen molar-refractivity contribution < 1.29 is 14.6 Å². The highest BCUT2D eigenvalue weighted by Crippen LogP contribution is 2.27. The van der Waals surface area contributed by atoms with Crippen LogP contribution in [0.2, 0.25) is 0 Å². The molecule has 5 nitrogen and oxygen atoms in total. The van der Waals surface area contributed by atoms with Crippen LogP contribution >= 0.6 is 0 Å². The van der Waals surface area contributed by atoms with Gasteiger partial charge >= 0.3 is 0 Å². The molecule has 1 unspecified atom stereocenters. The zero-order valence-corrected chi connectivity index (χ0v) is 17.2. The van der Waals surface area contributed by atoms with Gasteiger partial charge in [0, 0.05) is 24.5 Å². The molecule has 152 valence electrons. The second-order valence-corrected chi connectivity index (χ2v) is 7.45. The summed E-state index contributed by atoms with van der Waals surface area (Å²) in [5.41, 5.74) is 4.42. The minimum atomic E-state index is -0.0381. The molecule has 0 aliphatic carbocycles. The van der Waals surface area contributed by atoms with Crippen LogP contribution in [0.3, 0.4) is 0 Å². The number of rotatable bonds is 7. The van der Waals surface area contributed by atoms with E-state index in [4.69, 9.17) is 9.73 Å². The van der Waals surface area contributed by atoms with Crippen LogP contribution in [0.5, 0.6) is 11.5 Å². The van der Waals surface area contributed by atoms with E-state index in [0.717, 1.165) is 35.4 Å². The molecule has 2 aromatic carbocycles. The SMILES string of the molecule is CCC(C)C(=O)NC1=NC(Cc2ccc(OC)cc2)=C(Cc2ccc(O)cc2)C1. The quantitative estimate of drug-likeness (QED) is 0.733. The van der Waals surface area contributed by atoms with E-state index in [1.54, 1.807) is 19.2 Å². The topological polar surface area (TPSA) is 70.9 Å². The number of aliphatic imine (C=N–C) groups is 1. The molecule has 2 N–H and O–H groups in total. The Balaban J connectivity index is 1.80. The first-order valence-corrected chi connectivity index (χ1v) is 9.98. The fraction of sp³-hybridized carbons (Fsp3) is 0.333. The number of ether oxygens (including phenoxy) is 1. The molecule has 1 aliphatic heterocycles. The summed E-state index contributed by atoms with van der Waals surface area (Å²) in [5.74, 6) is 1.77. The van der Waals surface area contributed by atoms with Crippen molar-refractivity contribution in [2.75, 3.05) is 7.11 Å². The Hall–Kier alpha value is -3.08. The molecule has 1 atom stereocenters. The maximum atomic E-state index is 12.3. The Labute approximate surface area is 172 Å². The number of hydrogen-bond donors (Lipinski definition) is 2. The van der Waals surface area contributed by atoms with E-state index in [1.807, 2.05) is 50.2 Å². The average Bonchev–Trinajstić information content (AvgIpc) is 3.10. The summed E-state index contributed by atoms with van der Waals surface area (Å²) < 4.78 is 5.24. The smallest absolute Gasteiger partial charge is 0.228 e. The number of amidine groups is 1. The second kappa shape index (κ2) is 9.41. The van der Waals surface area contributed by atoms with Crippen molar-refractivity contribution >= 4 is 11.7 Å². The third kappa shape index (κ3) is 5.47. The molecular formula is C24H28N2O3. The summed E-state index contributed by atoms with van der Waals surface area (Å²) in [6.45, 7) is 3.93. The molecule has 0 saturated heterocycles. The van der Waals surface area contributed by atoms with E-state index in [9.17, 15) is 9.90 Å². The fourth-order valence-electron chi connectivity index (χ4n) is 3.23. The highest BCUT2D eigenvalue weighted by molar-refractivity contribution is 6.01. The third-order valence-electron chi connectivity index (χ3n) is 5.27. The predicted octanol–water partition coefficient (Wildman–Crippen LogP) is 4.40. The Morgan fingerprint density at radius 1 is 1.10 bits per heavy atom. The van der Waals surface area contributed by atoms with Crippen molar-refractivity contribution in [3.05, 3.63) is 70.9 Å². The van der Waals surface area contributed by atoms with E-state index >= 15 is 0 Å². The molecule has 0 bridgehead atoms. The van der Waals surface area contributed by atoms with Crippen molar-refractivity contribution in [1.29, 1.82) is 0 Å². The molecule has 0 spiro atoms. The number of carbonyl (C=O) groups is 1. The molecule has 0 radical (unpaired) electrons. The van der Waals surface area contributed by atoms with Crippen LogP contribution < -0.4 is 10.1 Å². The zero-order valence-electron chi connectivity index (χ0n) is 17.2. The number of hydrogen-bond acceptors (Lipinski definition) is 4. The lowest BCUT2D eigenvalue weighted by Crippen LogP contribution is -2.33.